The second kappa shape index (κ2) is 23.8. The summed E-state index contributed by atoms with van der Waals surface area (Å²) in [7, 11) is 0. The molecule has 4 bridgehead atoms. The van der Waals surface area contributed by atoms with Crippen molar-refractivity contribution in [1.29, 1.82) is 0 Å². The Labute approximate surface area is 437 Å². The largest absolute Gasteiger partial charge is 0.691 e. The van der Waals surface area contributed by atoms with Gasteiger partial charge < -0.3 is 10.5 Å². The van der Waals surface area contributed by atoms with Gasteiger partial charge in [-0.3, -0.25) is 19.7 Å². The van der Waals surface area contributed by atoms with Gasteiger partial charge in [-0.2, -0.15) is 8.67 Å². The summed E-state index contributed by atoms with van der Waals surface area (Å²) in [4.78, 5) is 24.0. The highest BCUT2D eigenvalue weighted by molar-refractivity contribution is 7.94. The summed E-state index contributed by atoms with van der Waals surface area (Å²) in [5.41, 5.74) is 4.43. The molecular formula is C56H74I2O8S2. The predicted octanol–water partition coefficient (Wildman–Crippen LogP) is 6.03. The Balaban J connectivity index is 0.000000171. The fourth-order valence-corrected chi connectivity index (χ4v) is 16.6. The molecule has 4 saturated carbocycles. The van der Waals surface area contributed by atoms with E-state index in [1.165, 1.54) is 31.0 Å². The first-order chi connectivity index (χ1) is 31.8. The van der Waals surface area contributed by atoms with Crippen LogP contribution in [-0.2, 0) is 44.6 Å². The molecule has 4 fully saturated rings. The molecule has 68 heavy (non-hydrogen) atoms. The van der Waals surface area contributed by atoms with Gasteiger partial charge in [-0.1, -0.05) is 145 Å². The molecule has 4 aliphatic rings. The van der Waals surface area contributed by atoms with Crippen molar-refractivity contribution < 1.29 is 81.3 Å². The highest BCUT2D eigenvalue weighted by Crippen LogP contribution is 2.65. The van der Waals surface area contributed by atoms with Crippen LogP contribution in [0.4, 0.5) is 0 Å². The van der Waals surface area contributed by atoms with Crippen molar-refractivity contribution >= 4 is 35.7 Å². The SMILES string of the molecule is CC(C)(C)c1ccc([I+]c2ccc(C(C)(C)C)cc2)cc1.CC(C)(C)c1ccc([I+]c2ccccc2)cc1.CC1(C)C2CCC1(CSOO[O-])C(=O)C2.CC1(C)C2CCC1(CSOO[O-])C(=O)C2. The van der Waals surface area contributed by atoms with Gasteiger partial charge in [0.25, 0.3) is 0 Å². The summed E-state index contributed by atoms with van der Waals surface area (Å²) in [6.45, 7) is 29.0. The molecule has 8 nitrogen and oxygen atoms in total. The molecule has 0 N–H and O–H groups in total. The maximum atomic E-state index is 12.0. The van der Waals surface area contributed by atoms with E-state index in [1.807, 2.05) is 0 Å². The molecule has 0 radical (unpaired) electrons. The maximum Gasteiger partial charge on any atom is 0.357 e. The lowest BCUT2D eigenvalue weighted by molar-refractivity contribution is -0.777. The maximum absolute atomic E-state index is 12.0. The number of hydrogen-bond donors (Lipinski definition) is 0. The highest BCUT2D eigenvalue weighted by Gasteiger charge is 2.65. The fraction of sp³-hybridized carbons (Fsp3) is 0.536. The van der Waals surface area contributed by atoms with Crippen LogP contribution in [0, 0.1) is 47.8 Å². The van der Waals surface area contributed by atoms with Crippen LogP contribution < -0.4 is 52.9 Å². The van der Waals surface area contributed by atoms with E-state index in [0.717, 1.165) is 49.8 Å². The molecule has 8 rings (SSSR count). The average molecular weight is 1190 g/mol. The topological polar surface area (TPSA) is 117 Å². The van der Waals surface area contributed by atoms with Crippen LogP contribution in [0.15, 0.2) is 103 Å². The molecule has 4 aromatic rings. The first-order valence-corrected chi connectivity index (χ1v) is 29.8. The Morgan fingerprint density at radius 1 is 0.500 bits per heavy atom. The normalized spacial score (nSPS) is 23.3. The van der Waals surface area contributed by atoms with Crippen molar-refractivity contribution in [3.05, 3.63) is 134 Å². The first-order valence-electron chi connectivity index (χ1n) is 23.7. The lowest BCUT2D eigenvalue weighted by atomic mass is 9.70. The van der Waals surface area contributed by atoms with Gasteiger partial charge >= 0.3 is 42.4 Å². The smallest absolute Gasteiger partial charge is 0.357 e. The fourth-order valence-electron chi connectivity index (χ4n) is 10.3. The minimum Gasteiger partial charge on any atom is -0.691 e. The summed E-state index contributed by atoms with van der Waals surface area (Å²) in [5.74, 6) is 2.70. The van der Waals surface area contributed by atoms with Crippen LogP contribution in [0.3, 0.4) is 0 Å². The van der Waals surface area contributed by atoms with Crippen molar-refractivity contribution in [1.82, 2.24) is 0 Å². The van der Waals surface area contributed by atoms with E-state index in [-0.39, 0.29) is 80.3 Å². The minimum absolute atomic E-state index is 0.0208. The van der Waals surface area contributed by atoms with E-state index < -0.39 is 0 Å². The van der Waals surface area contributed by atoms with Gasteiger partial charge in [-0.25, -0.2) is 0 Å². The van der Waals surface area contributed by atoms with Crippen molar-refractivity contribution in [3.8, 4) is 0 Å². The van der Waals surface area contributed by atoms with E-state index in [4.69, 9.17) is 0 Å². The zero-order valence-electron chi connectivity index (χ0n) is 42.5. The predicted molar refractivity (Wildman–Crippen MR) is 263 cm³/mol. The van der Waals surface area contributed by atoms with Crippen molar-refractivity contribution in [2.24, 2.45) is 33.5 Å². The Morgan fingerprint density at radius 3 is 1.03 bits per heavy atom. The molecular weight excluding hydrogens is 1120 g/mol. The third-order valence-electron chi connectivity index (χ3n) is 15.3. The number of hydrogen-bond acceptors (Lipinski definition) is 10. The summed E-state index contributed by atoms with van der Waals surface area (Å²) >= 11 is 1.81. The number of fused-ring (bicyclic) bond motifs is 4. The number of rotatable bonds is 12. The van der Waals surface area contributed by atoms with Gasteiger partial charge in [0, 0.05) is 59.3 Å². The molecule has 4 unspecified atom stereocenters. The van der Waals surface area contributed by atoms with Gasteiger partial charge in [-0.15, -0.1) is 0 Å². The van der Waals surface area contributed by atoms with Crippen LogP contribution in [0.25, 0.3) is 0 Å². The lowest BCUT2D eigenvalue weighted by Crippen LogP contribution is -3.61. The van der Waals surface area contributed by atoms with Gasteiger partial charge in [0.15, 0.2) is 14.3 Å². The second-order valence-corrected chi connectivity index (χ2v) is 30.3. The molecule has 0 aliphatic heterocycles. The van der Waals surface area contributed by atoms with E-state index >= 15 is 0 Å². The molecule has 4 aromatic carbocycles. The molecule has 0 heterocycles. The minimum atomic E-state index is -0.305. The first kappa shape index (κ1) is 57.0. The number of benzene rings is 4. The summed E-state index contributed by atoms with van der Waals surface area (Å²) < 4.78 is 14.5. The molecule has 12 heteroatoms. The molecule has 0 saturated heterocycles. The molecule has 4 aliphatic carbocycles. The molecule has 0 amide bonds. The zero-order valence-corrected chi connectivity index (χ0v) is 48.4. The van der Waals surface area contributed by atoms with Crippen LogP contribution in [0.2, 0.25) is 0 Å². The Kier molecular flexibility index (Phi) is 20.0. The van der Waals surface area contributed by atoms with E-state index in [2.05, 4.69) is 212 Å². The Hall–Kier alpha value is -1.86. The summed E-state index contributed by atoms with van der Waals surface area (Å²) in [6.07, 6.45) is 5.42. The number of halogens is 2. The zero-order chi connectivity index (χ0) is 50.2. The van der Waals surface area contributed by atoms with Gasteiger partial charge in [0.05, 0.1) is 0 Å². The Bertz CT molecular complexity index is 2120. The van der Waals surface area contributed by atoms with Crippen LogP contribution in [-0.4, -0.2) is 23.1 Å². The summed E-state index contributed by atoms with van der Waals surface area (Å²) in [6, 6.07) is 38.3. The van der Waals surface area contributed by atoms with Crippen LogP contribution in [0.5, 0.6) is 0 Å². The quantitative estimate of drug-likeness (QED) is 0.0548. The molecule has 0 spiro atoms. The standard InChI is InChI=1S/C20H26I.C16H18I.2C10H16O4S/c1-19(2,3)15-7-11-17(12-8-15)21-18-13-9-16(10-14-18)20(4,5)6;1-16(2,3)13-9-11-15(12-10-13)17-14-7-5-4-6-8-14;2*1-9(2)7-3-4-10(9,8(11)5-7)6-15-14-13-12/h7-14H,1-6H3;4-12H,1-3H3;2*7,12H,3-6H2,1-2H3/q2*+1;;/p-2. The van der Waals surface area contributed by atoms with Gasteiger partial charge in [-0.05, 0) is 130 Å². The average Bonchev–Trinajstić information content (AvgIpc) is 3.82. The molecule has 0 aromatic heterocycles. The van der Waals surface area contributed by atoms with Gasteiger partial charge in [0.1, 0.15) is 11.6 Å². The van der Waals surface area contributed by atoms with E-state index in [9.17, 15) is 20.1 Å². The third-order valence-corrected chi connectivity index (χ3v) is 22.2. The van der Waals surface area contributed by atoms with Crippen LogP contribution in [0.1, 0.15) is 145 Å². The lowest BCUT2D eigenvalue weighted by Gasteiger charge is -2.35. The van der Waals surface area contributed by atoms with Gasteiger partial charge in [0.2, 0.25) is 0 Å². The molecule has 4 atom stereocenters. The van der Waals surface area contributed by atoms with Crippen molar-refractivity contribution in [2.75, 3.05) is 11.5 Å². The Morgan fingerprint density at radius 2 is 0.794 bits per heavy atom. The van der Waals surface area contributed by atoms with Crippen molar-refractivity contribution in [2.45, 2.75) is 145 Å². The number of carbonyl (C=O) groups excluding carboxylic acids is 2. The van der Waals surface area contributed by atoms with Crippen LogP contribution >= 0.6 is 24.1 Å². The highest BCUT2D eigenvalue weighted by atomic mass is 127. The number of ketones is 2. The second-order valence-electron chi connectivity index (χ2n) is 22.9. The monoisotopic (exact) mass is 1190 g/mol. The summed E-state index contributed by atoms with van der Waals surface area (Å²) in [5, 5.41) is 26.1. The van der Waals surface area contributed by atoms with E-state index in [0.29, 0.717) is 47.7 Å². The third kappa shape index (κ3) is 13.8. The molecule has 372 valence electrons. The number of carbonyl (C=O) groups is 2. The number of Topliss-reactive ketones (excluding diaryl/α,β-unsaturated/α-hetero) is 2. The van der Waals surface area contributed by atoms with Crippen molar-refractivity contribution in [3.63, 3.8) is 0 Å². The van der Waals surface area contributed by atoms with E-state index in [1.54, 1.807) is 0 Å².